The molecule has 0 atom stereocenters. The van der Waals surface area contributed by atoms with Gasteiger partial charge < -0.3 is 9.47 Å². The van der Waals surface area contributed by atoms with Gasteiger partial charge in [0.25, 0.3) is 5.79 Å². The zero-order chi connectivity index (χ0) is 19.1. The smallest absolute Gasteiger partial charge is 0.281 e. The van der Waals surface area contributed by atoms with E-state index in [1.807, 2.05) is 97.1 Å². The van der Waals surface area contributed by atoms with Gasteiger partial charge in [0.15, 0.2) is 0 Å². The van der Waals surface area contributed by atoms with Crippen LogP contribution in [0.2, 0.25) is 0 Å². The second-order valence-electron chi connectivity index (χ2n) is 6.61. The lowest BCUT2D eigenvalue weighted by Gasteiger charge is -2.35. The van der Waals surface area contributed by atoms with Gasteiger partial charge in [0.1, 0.15) is 11.5 Å². The molecular formula is C26H22O2. The van der Waals surface area contributed by atoms with Crippen molar-refractivity contribution in [1.82, 2.24) is 0 Å². The summed E-state index contributed by atoms with van der Waals surface area (Å²) in [4.78, 5) is 0. The van der Waals surface area contributed by atoms with Gasteiger partial charge >= 0.3 is 0 Å². The Balaban J connectivity index is 1.82. The molecule has 2 nitrogen and oxygen atoms in total. The molecule has 0 aliphatic carbocycles. The molecule has 0 radical (unpaired) electrons. The molecule has 0 aliphatic heterocycles. The molecule has 0 heterocycles. The fourth-order valence-electron chi connectivity index (χ4n) is 3.23. The van der Waals surface area contributed by atoms with Gasteiger partial charge in [-0.15, -0.1) is 0 Å². The third-order valence-electron chi connectivity index (χ3n) is 4.55. The molecule has 0 bridgehead atoms. The Bertz CT molecular complexity index is 866. The number of para-hydroxylation sites is 2. The topological polar surface area (TPSA) is 18.5 Å². The summed E-state index contributed by atoms with van der Waals surface area (Å²) in [5, 5.41) is 0. The molecule has 0 unspecified atom stereocenters. The van der Waals surface area contributed by atoms with E-state index in [2.05, 4.69) is 24.3 Å². The molecule has 138 valence electrons. The van der Waals surface area contributed by atoms with E-state index < -0.39 is 5.79 Å². The molecule has 0 N–H and O–H groups in total. The number of benzene rings is 4. The third kappa shape index (κ3) is 4.24. The van der Waals surface area contributed by atoms with Gasteiger partial charge in [0.05, 0.1) is 6.42 Å². The molecule has 28 heavy (non-hydrogen) atoms. The lowest BCUT2D eigenvalue weighted by Crippen LogP contribution is -2.41. The van der Waals surface area contributed by atoms with Crippen LogP contribution in [0.5, 0.6) is 11.5 Å². The van der Waals surface area contributed by atoms with Crippen LogP contribution in [0.1, 0.15) is 11.1 Å². The minimum absolute atomic E-state index is 0.571. The highest BCUT2D eigenvalue weighted by Crippen LogP contribution is 2.34. The van der Waals surface area contributed by atoms with Crippen molar-refractivity contribution in [1.29, 1.82) is 0 Å². The summed E-state index contributed by atoms with van der Waals surface area (Å²) in [6.45, 7) is 0. The van der Waals surface area contributed by atoms with Crippen LogP contribution in [0.3, 0.4) is 0 Å². The maximum atomic E-state index is 6.57. The Morgan fingerprint density at radius 1 is 0.464 bits per heavy atom. The van der Waals surface area contributed by atoms with Crippen LogP contribution in [-0.2, 0) is 12.2 Å². The first-order valence-electron chi connectivity index (χ1n) is 9.42. The van der Waals surface area contributed by atoms with E-state index in [-0.39, 0.29) is 0 Å². The summed E-state index contributed by atoms with van der Waals surface area (Å²) in [5.41, 5.74) is 2.10. The molecule has 2 heteroatoms. The molecule has 4 rings (SSSR count). The van der Waals surface area contributed by atoms with E-state index >= 15 is 0 Å². The average molecular weight is 366 g/mol. The molecule has 0 spiro atoms. The van der Waals surface area contributed by atoms with Crippen molar-refractivity contribution in [3.63, 3.8) is 0 Å². The summed E-state index contributed by atoms with van der Waals surface area (Å²) in [5.74, 6) is 0.530. The van der Waals surface area contributed by atoms with E-state index in [0.29, 0.717) is 6.42 Å². The summed E-state index contributed by atoms with van der Waals surface area (Å²) >= 11 is 0. The zero-order valence-corrected chi connectivity index (χ0v) is 15.6. The highest BCUT2D eigenvalue weighted by Gasteiger charge is 2.38. The molecular weight excluding hydrogens is 344 g/mol. The monoisotopic (exact) mass is 366 g/mol. The maximum Gasteiger partial charge on any atom is 0.281 e. The summed E-state index contributed by atoms with van der Waals surface area (Å²) in [6.07, 6.45) is 0.571. The number of ether oxygens (including phenoxy) is 2. The highest BCUT2D eigenvalue weighted by molar-refractivity contribution is 5.32. The standard InChI is InChI=1S/C26H22O2/c1-5-13-22(14-6-1)21-26(23-15-7-2-8-16-23,27-24-17-9-3-10-18-24)28-25-19-11-4-12-20-25/h1-20H,21H2. The van der Waals surface area contributed by atoms with E-state index in [1.54, 1.807) is 0 Å². The van der Waals surface area contributed by atoms with E-state index in [0.717, 1.165) is 22.6 Å². The molecule has 4 aromatic carbocycles. The van der Waals surface area contributed by atoms with Crippen LogP contribution in [0.25, 0.3) is 0 Å². The van der Waals surface area contributed by atoms with Gasteiger partial charge in [-0.05, 0) is 29.8 Å². The number of hydrogen-bond donors (Lipinski definition) is 0. The molecule has 0 saturated carbocycles. The maximum absolute atomic E-state index is 6.57. The summed E-state index contributed by atoms with van der Waals surface area (Å²) < 4.78 is 13.1. The van der Waals surface area contributed by atoms with Crippen LogP contribution < -0.4 is 9.47 Å². The molecule has 4 aromatic rings. The third-order valence-corrected chi connectivity index (χ3v) is 4.55. The number of hydrogen-bond acceptors (Lipinski definition) is 2. The quantitative estimate of drug-likeness (QED) is 0.360. The van der Waals surface area contributed by atoms with Gasteiger partial charge in [0.2, 0.25) is 0 Å². The minimum atomic E-state index is -0.995. The van der Waals surface area contributed by atoms with Crippen molar-refractivity contribution in [3.05, 3.63) is 132 Å². The molecule has 0 amide bonds. The van der Waals surface area contributed by atoms with Crippen LogP contribution in [-0.4, -0.2) is 0 Å². The predicted octanol–water partition coefficient (Wildman–Crippen LogP) is 6.24. The van der Waals surface area contributed by atoms with Crippen LogP contribution in [0, 0.1) is 0 Å². The first-order valence-corrected chi connectivity index (χ1v) is 9.42. The van der Waals surface area contributed by atoms with Crippen LogP contribution in [0.15, 0.2) is 121 Å². The van der Waals surface area contributed by atoms with Crippen LogP contribution in [0.4, 0.5) is 0 Å². The van der Waals surface area contributed by atoms with Gasteiger partial charge in [-0.3, -0.25) is 0 Å². The Labute approximate surface area is 166 Å². The Hall–Kier alpha value is -3.52. The van der Waals surface area contributed by atoms with Crippen molar-refractivity contribution >= 4 is 0 Å². The van der Waals surface area contributed by atoms with E-state index in [1.165, 1.54) is 0 Å². The SMILES string of the molecule is c1ccc(CC(Oc2ccccc2)(Oc2ccccc2)c2ccccc2)cc1. The zero-order valence-electron chi connectivity index (χ0n) is 15.6. The Morgan fingerprint density at radius 3 is 1.32 bits per heavy atom. The summed E-state index contributed by atoms with van der Waals surface area (Å²) in [6, 6.07) is 40.1. The lowest BCUT2D eigenvalue weighted by atomic mass is 9.97. The number of rotatable bonds is 7. The van der Waals surface area contributed by atoms with E-state index in [9.17, 15) is 0 Å². The molecule has 0 aliphatic rings. The van der Waals surface area contributed by atoms with Crippen molar-refractivity contribution in [2.24, 2.45) is 0 Å². The largest absolute Gasteiger partial charge is 0.448 e. The van der Waals surface area contributed by atoms with Gasteiger partial charge in [-0.25, -0.2) is 0 Å². The fourth-order valence-corrected chi connectivity index (χ4v) is 3.23. The Kier molecular flexibility index (Phi) is 5.39. The van der Waals surface area contributed by atoms with Crippen molar-refractivity contribution < 1.29 is 9.47 Å². The fraction of sp³-hybridized carbons (Fsp3) is 0.0769. The van der Waals surface area contributed by atoms with Gasteiger partial charge in [-0.1, -0.05) is 97.1 Å². The van der Waals surface area contributed by atoms with Crippen molar-refractivity contribution in [3.8, 4) is 11.5 Å². The second-order valence-corrected chi connectivity index (χ2v) is 6.61. The van der Waals surface area contributed by atoms with Crippen molar-refractivity contribution in [2.45, 2.75) is 12.2 Å². The molecule has 0 saturated heterocycles. The lowest BCUT2D eigenvalue weighted by molar-refractivity contribution is -0.121. The highest BCUT2D eigenvalue weighted by atomic mass is 16.7. The second kappa shape index (κ2) is 8.45. The van der Waals surface area contributed by atoms with Crippen LogP contribution >= 0.6 is 0 Å². The van der Waals surface area contributed by atoms with Gasteiger partial charge in [0, 0.05) is 5.56 Å². The molecule has 0 aromatic heterocycles. The van der Waals surface area contributed by atoms with E-state index in [4.69, 9.17) is 9.47 Å². The predicted molar refractivity (Wildman–Crippen MR) is 112 cm³/mol. The normalized spacial score (nSPS) is 11.0. The minimum Gasteiger partial charge on any atom is -0.448 e. The van der Waals surface area contributed by atoms with Crippen molar-refractivity contribution in [2.75, 3.05) is 0 Å². The van der Waals surface area contributed by atoms with Gasteiger partial charge in [-0.2, -0.15) is 0 Å². The first-order chi connectivity index (χ1) is 13.8. The Morgan fingerprint density at radius 2 is 0.857 bits per heavy atom. The summed E-state index contributed by atoms with van der Waals surface area (Å²) in [7, 11) is 0. The molecule has 0 fully saturated rings. The first kappa shape index (κ1) is 17.9. The average Bonchev–Trinajstić information content (AvgIpc) is 2.76.